The molecular weight excluding hydrogens is 244 g/mol. The zero-order valence-electron chi connectivity index (χ0n) is 11.4. The fourth-order valence-electron chi connectivity index (χ4n) is 2.38. The first kappa shape index (κ1) is 13.8. The summed E-state index contributed by atoms with van der Waals surface area (Å²) >= 11 is 1.73. The van der Waals surface area contributed by atoms with Gasteiger partial charge in [-0.15, -0.1) is 11.3 Å². The summed E-state index contributed by atoms with van der Waals surface area (Å²) in [6.45, 7) is 10.9. The summed E-state index contributed by atoms with van der Waals surface area (Å²) in [4.78, 5) is 9.30. The van der Waals surface area contributed by atoms with Crippen LogP contribution in [-0.2, 0) is 0 Å². The van der Waals surface area contributed by atoms with Crippen LogP contribution in [0.15, 0.2) is 11.6 Å². The highest BCUT2D eigenvalue weighted by Gasteiger charge is 2.22. The number of piperazine rings is 1. The van der Waals surface area contributed by atoms with E-state index in [1.807, 2.05) is 11.6 Å². The van der Waals surface area contributed by atoms with Crippen molar-refractivity contribution in [2.75, 3.05) is 44.2 Å². The smallest absolute Gasteiger partial charge is 0.185 e. The average molecular weight is 268 g/mol. The second kappa shape index (κ2) is 6.50. The average Bonchev–Trinajstić information content (AvgIpc) is 2.90. The van der Waals surface area contributed by atoms with Gasteiger partial charge in [-0.2, -0.15) is 0 Å². The Kier molecular flexibility index (Phi) is 4.97. The van der Waals surface area contributed by atoms with Gasteiger partial charge < -0.3 is 10.6 Å². The highest BCUT2D eigenvalue weighted by atomic mass is 32.1. The second-order valence-electron chi connectivity index (χ2n) is 5.34. The summed E-state index contributed by atoms with van der Waals surface area (Å²) in [5.74, 6) is 1.29. The Morgan fingerprint density at radius 3 is 2.56 bits per heavy atom. The van der Waals surface area contributed by atoms with Crippen LogP contribution in [-0.4, -0.2) is 49.2 Å². The topological polar surface area (TPSA) is 45.4 Å². The van der Waals surface area contributed by atoms with Gasteiger partial charge in [0, 0.05) is 44.3 Å². The van der Waals surface area contributed by atoms with Crippen molar-refractivity contribution in [2.45, 2.75) is 13.8 Å². The van der Waals surface area contributed by atoms with Crippen molar-refractivity contribution in [3.8, 4) is 0 Å². The van der Waals surface area contributed by atoms with Gasteiger partial charge in [-0.05, 0) is 18.4 Å². The minimum Gasteiger partial charge on any atom is -0.346 e. The molecule has 0 aliphatic carbocycles. The van der Waals surface area contributed by atoms with Gasteiger partial charge in [0.1, 0.15) is 0 Å². The van der Waals surface area contributed by atoms with Crippen molar-refractivity contribution >= 4 is 16.5 Å². The van der Waals surface area contributed by atoms with Crippen LogP contribution in [0.4, 0.5) is 5.13 Å². The third-order valence-electron chi connectivity index (χ3n) is 3.80. The van der Waals surface area contributed by atoms with Gasteiger partial charge in [0.25, 0.3) is 0 Å². The molecule has 0 radical (unpaired) electrons. The highest BCUT2D eigenvalue weighted by molar-refractivity contribution is 7.13. The zero-order chi connectivity index (χ0) is 13.0. The molecule has 5 heteroatoms. The minimum absolute atomic E-state index is 0.622. The molecule has 1 aliphatic rings. The number of aromatic nitrogens is 1. The molecule has 1 atom stereocenters. The Bertz CT molecular complexity index is 331. The van der Waals surface area contributed by atoms with Crippen molar-refractivity contribution in [1.82, 2.24) is 9.88 Å². The quantitative estimate of drug-likeness (QED) is 0.879. The fraction of sp³-hybridized carbons (Fsp3) is 0.769. The first-order chi connectivity index (χ1) is 8.70. The Morgan fingerprint density at radius 2 is 2.06 bits per heavy atom. The Balaban J connectivity index is 1.80. The van der Waals surface area contributed by atoms with Crippen LogP contribution in [0.1, 0.15) is 13.8 Å². The lowest BCUT2D eigenvalue weighted by Crippen LogP contribution is -2.49. The largest absolute Gasteiger partial charge is 0.346 e. The summed E-state index contributed by atoms with van der Waals surface area (Å²) in [5, 5.41) is 3.21. The number of nitrogens with zero attached hydrogens (tertiary/aromatic N) is 3. The zero-order valence-corrected chi connectivity index (χ0v) is 12.2. The van der Waals surface area contributed by atoms with Crippen molar-refractivity contribution in [3.05, 3.63) is 11.6 Å². The van der Waals surface area contributed by atoms with Crippen LogP contribution in [0.25, 0.3) is 0 Å². The van der Waals surface area contributed by atoms with Crippen molar-refractivity contribution < 1.29 is 0 Å². The summed E-state index contributed by atoms with van der Waals surface area (Å²) in [6, 6.07) is 0. The molecule has 2 N–H and O–H groups in total. The van der Waals surface area contributed by atoms with E-state index in [1.165, 1.54) is 0 Å². The molecule has 4 nitrogen and oxygen atoms in total. The maximum Gasteiger partial charge on any atom is 0.185 e. The SMILES string of the molecule is CC(C)C(CN)CN1CCN(c2nccs2)CC1. The number of rotatable bonds is 5. The monoisotopic (exact) mass is 268 g/mol. The van der Waals surface area contributed by atoms with E-state index in [0.717, 1.165) is 44.4 Å². The summed E-state index contributed by atoms with van der Waals surface area (Å²) < 4.78 is 0. The van der Waals surface area contributed by atoms with Gasteiger partial charge in [-0.1, -0.05) is 13.8 Å². The van der Waals surface area contributed by atoms with E-state index in [0.29, 0.717) is 11.8 Å². The molecule has 0 amide bonds. The lowest BCUT2D eigenvalue weighted by Gasteiger charge is -2.37. The molecule has 0 bridgehead atoms. The lowest BCUT2D eigenvalue weighted by atomic mass is 9.95. The van der Waals surface area contributed by atoms with Crippen molar-refractivity contribution in [2.24, 2.45) is 17.6 Å². The van der Waals surface area contributed by atoms with Gasteiger partial charge >= 0.3 is 0 Å². The molecule has 1 aliphatic heterocycles. The maximum atomic E-state index is 5.85. The summed E-state index contributed by atoms with van der Waals surface area (Å²) in [6.07, 6.45) is 1.88. The molecule has 1 saturated heterocycles. The van der Waals surface area contributed by atoms with Gasteiger partial charge in [0.15, 0.2) is 5.13 Å². The van der Waals surface area contributed by atoms with Crippen molar-refractivity contribution in [3.63, 3.8) is 0 Å². The molecular formula is C13H24N4S. The van der Waals surface area contributed by atoms with Gasteiger partial charge in [-0.3, -0.25) is 4.90 Å². The van der Waals surface area contributed by atoms with E-state index in [4.69, 9.17) is 5.73 Å². The van der Waals surface area contributed by atoms with Crippen LogP contribution < -0.4 is 10.6 Å². The number of hydrogen-bond donors (Lipinski definition) is 1. The van der Waals surface area contributed by atoms with E-state index in [-0.39, 0.29) is 0 Å². The third-order valence-corrected chi connectivity index (χ3v) is 4.63. The molecule has 18 heavy (non-hydrogen) atoms. The van der Waals surface area contributed by atoms with E-state index in [1.54, 1.807) is 11.3 Å². The van der Waals surface area contributed by atoms with Gasteiger partial charge in [0.2, 0.25) is 0 Å². The molecule has 1 aromatic heterocycles. The molecule has 0 aromatic carbocycles. The van der Waals surface area contributed by atoms with Crippen LogP contribution in [0.3, 0.4) is 0 Å². The third kappa shape index (κ3) is 3.43. The van der Waals surface area contributed by atoms with E-state index < -0.39 is 0 Å². The Labute approximate surface area is 114 Å². The molecule has 1 unspecified atom stereocenters. The van der Waals surface area contributed by atoms with Crippen LogP contribution in [0, 0.1) is 11.8 Å². The van der Waals surface area contributed by atoms with Crippen LogP contribution in [0.5, 0.6) is 0 Å². The maximum absolute atomic E-state index is 5.85. The first-order valence-corrected chi connectivity index (χ1v) is 7.65. The molecule has 2 heterocycles. The van der Waals surface area contributed by atoms with Crippen LogP contribution >= 0.6 is 11.3 Å². The van der Waals surface area contributed by atoms with E-state index >= 15 is 0 Å². The molecule has 0 spiro atoms. The van der Waals surface area contributed by atoms with E-state index in [2.05, 4.69) is 28.6 Å². The minimum atomic E-state index is 0.622. The van der Waals surface area contributed by atoms with E-state index in [9.17, 15) is 0 Å². The Morgan fingerprint density at radius 1 is 1.33 bits per heavy atom. The number of thiazole rings is 1. The molecule has 102 valence electrons. The first-order valence-electron chi connectivity index (χ1n) is 6.77. The van der Waals surface area contributed by atoms with Crippen molar-refractivity contribution in [1.29, 1.82) is 0 Å². The van der Waals surface area contributed by atoms with Crippen LogP contribution in [0.2, 0.25) is 0 Å². The predicted octanol–water partition coefficient (Wildman–Crippen LogP) is 1.50. The summed E-state index contributed by atoms with van der Waals surface area (Å²) in [7, 11) is 0. The molecule has 1 aromatic rings. The summed E-state index contributed by atoms with van der Waals surface area (Å²) in [5.41, 5.74) is 5.85. The lowest BCUT2D eigenvalue weighted by molar-refractivity contribution is 0.195. The van der Waals surface area contributed by atoms with Gasteiger partial charge in [-0.25, -0.2) is 4.98 Å². The number of nitrogens with two attached hydrogens (primary N) is 1. The number of anilines is 1. The standard InChI is InChI=1S/C13H24N4S/c1-11(2)12(9-14)10-16-4-6-17(7-5-16)13-15-3-8-18-13/h3,8,11-12H,4-7,9-10,14H2,1-2H3. The normalized spacial score (nSPS) is 19.4. The molecule has 1 fully saturated rings. The molecule has 2 rings (SSSR count). The highest BCUT2D eigenvalue weighted by Crippen LogP contribution is 2.20. The second-order valence-corrected chi connectivity index (χ2v) is 6.22. The predicted molar refractivity (Wildman–Crippen MR) is 78.1 cm³/mol. The molecule has 0 saturated carbocycles. The number of hydrogen-bond acceptors (Lipinski definition) is 5. The fourth-order valence-corrected chi connectivity index (χ4v) is 3.08. The van der Waals surface area contributed by atoms with Gasteiger partial charge in [0.05, 0.1) is 0 Å². The Hall–Kier alpha value is -0.650.